The summed E-state index contributed by atoms with van der Waals surface area (Å²) in [5.74, 6) is -2.35. The molecule has 0 aliphatic carbocycles. The van der Waals surface area contributed by atoms with E-state index in [0.717, 1.165) is 6.07 Å². The molecule has 0 saturated heterocycles. The van der Waals surface area contributed by atoms with E-state index in [1.54, 1.807) is 13.8 Å². The van der Waals surface area contributed by atoms with Crippen LogP contribution in [-0.2, 0) is 16.1 Å². The van der Waals surface area contributed by atoms with E-state index in [4.69, 9.17) is 4.74 Å². The Morgan fingerprint density at radius 3 is 2.33 bits per heavy atom. The Morgan fingerprint density at radius 2 is 1.78 bits per heavy atom. The molecular formula is C19H19FN2O5. The molecule has 1 amide bonds. The molecule has 0 aromatic heterocycles. The maximum absolute atomic E-state index is 13.7. The Kier molecular flexibility index (Phi) is 6.59. The van der Waals surface area contributed by atoms with Gasteiger partial charge < -0.3 is 10.1 Å². The van der Waals surface area contributed by atoms with Gasteiger partial charge in [-0.15, -0.1) is 0 Å². The van der Waals surface area contributed by atoms with Crippen LogP contribution in [-0.4, -0.2) is 22.8 Å². The Bertz CT molecular complexity index is 836. The van der Waals surface area contributed by atoms with Crippen LogP contribution in [0, 0.1) is 21.8 Å². The lowest BCUT2D eigenvalue weighted by atomic mass is 10.0. The summed E-state index contributed by atoms with van der Waals surface area (Å²) in [6.07, 6.45) is 0. The van der Waals surface area contributed by atoms with Crippen LogP contribution in [0.25, 0.3) is 0 Å². The van der Waals surface area contributed by atoms with Gasteiger partial charge in [0.05, 0.1) is 10.5 Å². The molecule has 0 heterocycles. The van der Waals surface area contributed by atoms with Gasteiger partial charge in [0, 0.05) is 12.1 Å². The Labute approximate surface area is 155 Å². The summed E-state index contributed by atoms with van der Waals surface area (Å²) in [6, 6.07) is 10.1. The van der Waals surface area contributed by atoms with Crippen LogP contribution in [0.1, 0.15) is 29.8 Å². The second-order valence-electron chi connectivity index (χ2n) is 6.21. The SMILES string of the molecule is CC(C)[C@H](NC(=O)c1ccccc1F)C(=O)OCc1ccc([N+](=O)[O-])cc1. The number of carbonyl (C=O) groups excluding carboxylic acids is 2. The summed E-state index contributed by atoms with van der Waals surface area (Å²) in [6.45, 7) is 3.34. The summed E-state index contributed by atoms with van der Waals surface area (Å²) in [5, 5.41) is 13.1. The standard InChI is InChI=1S/C19H19FN2O5/c1-12(2)17(21-18(23)15-5-3-4-6-16(15)20)19(24)27-11-13-7-9-14(10-8-13)22(25)26/h3-10,12,17H,11H2,1-2H3,(H,21,23)/t17-/m0/s1. The van der Waals surface area contributed by atoms with E-state index in [1.807, 2.05) is 0 Å². The monoisotopic (exact) mass is 374 g/mol. The number of hydrogen-bond donors (Lipinski definition) is 1. The predicted octanol–water partition coefficient (Wildman–Crippen LogP) is 3.23. The van der Waals surface area contributed by atoms with Gasteiger partial charge in [0.1, 0.15) is 18.5 Å². The number of halogens is 1. The second kappa shape index (κ2) is 8.88. The number of esters is 1. The van der Waals surface area contributed by atoms with Gasteiger partial charge in [-0.05, 0) is 35.7 Å². The molecule has 0 radical (unpaired) electrons. The molecule has 0 bridgehead atoms. The first-order valence-electron chi connectivity index (χ1n) is 8.25. The number of nitro benzene ring substituents is 1. The molecule has 2 rings (SSSR count). The molecule has 0 spiro atoms. The van der Waals surface area contributed by atoms with Crippen LogP contribution in [0.4, 0.5) is 10.1 Å². The number of non-ortho nitro benzene ring substituents is 1. The first kappa shape index (κ1) is 20.0. The van der Waals surface area contributed by atoms with Crippen LogP contribution in [0.3, 0.4) is 0 Å². The van der Waals surface area contributed by atoms with Crippen molar-refractivity contribution in [3.05, 3.63) is 75.6 Å². The zero-order chi connectivity index (χ0) is 20.0. The van der Waals surface area contributed by atoms with Crippen LogP contribution < -0.4 is 5.32 Å². The lowest BCUT2D eigenvalue weighted by Gasteiger charge is -2.21. The largest absolute Gasteiger partial charge is 0.459 e. The normalized spacial score (nSPS) is 11.7. The molecule has 0 aliphatic heterocycles. The minimum absolute atomic E-state index is 0.0673. The number of rotatable bonds is 7. The average molecular weight is 374 g/mol. The lowest BCUT2D eigenvalue weighted by Crippen LogP contribution is -2.45. The topological polar surface area (TPSA) is 98.5 Å². The highest BCUT2D eigenvalue weighted by Gasteiger charge is 2.27. The fraction of sp³-hybridized carbons (Fsp3) is 0.263. The van der Waals surface area contributed by atoms with Gasteiger partial charge in [-0.25, -0.2) is 9.18 Å². The van der Waals surface area contributed by atoms with Gasteiger partial charge in [0.25, 0.3) is 11.6 Å². The maximum Gasteiger partial charge on any atom is 0.329 e. The maximum atomic E-state index is 13.7. The van der Waals surface area contributed by atoms with Gasteiger partial charge in [0.2, 0.25) is 0 Å². The molecule has 8 heteroatoms. The highest BCUT2D eigenvalue weighted by Crippen LogP contribution is 2.14. The zero-order valence-corrected chi connectivity index (χ0v) is 14.8. The van der Waals surface area contributed by atoms with Crippen molar-refractivity contribution in [1.82, 2.24) is 5.32 Å². The Balaban J connectivity index is 2.01. The molecule has 2 aromatic carbocycles. The molecule has 1 atom stereocenters. The van der Waals surface area contributed by atoms with E-state index in [-0.39, 0.29) is 23.8 Å². The van der Waals surface area contributed by atoms with Crippen molar-refractivity contribution in [2.45, 2.75) is 26.5 Å². The number of nitrogens with one attached hydrogen (secondary N) is 1. The van der Waals surface area contributed by atoms with Gasteiger partial charge in [-0.2, -0.15) is 0 Å². The molecule has 0 fully saturated rings. The van der Waals surface area contributed by atoms with Crippen molar-refractivity contribution >= 4 is 17.6 Å². The third-order valence-electron chi connectivity index (χ3n) is 3.85. The highest BCUT2D eigenvalue weighted by molar-refractivity contribution is 5.97. The van der Waals surface area contributed by atoms with E-state index in [2.05, 4.69) is 5.32 Å². The van der Waals surface area contributed by atoms with Crippen molar-refractivity contribution < 1.29 is 23.6 Å². The fourth-order valence-electron chi connectivity index (χ4n) is 2.32. The number of hydrogen-bond acceptors (Lipinski definition) is 5. The van der Waals surface area contributed by atoms with Gasteiger partial charge >= 0.3 is 5.97 Å². The molecule has 2 aromatic rings. The predicted molar refractivity (Wildman–Crippen MR) is 95.4 cm³/mol. The third kappa shape index (κ3) is 5.34. The number of carbonyl (C=O) groups is 2. The summed E-state index contributed by atoms with van der Waals surface area (Å²) in [4.78, 5) is 34.7. The molecule has 1 N–H and O–H groups in total. The first-order chi connectivity index (χ1) is 12.8. The van der Waals surface area contributed by atoms with E-state index in [1.165, 1.54) is 42.5 Å². The summed E-state index contributed by atoms with van der Waals surface area (Å²) >= 11 is 0. The molecule has 0 aliphatic rings. The number of nitrogens with zero attached hydrogens (tertiary/aromatic N) is 1. The van der Waals surface area contributed by atoms with Crippen molar-refractivity contribution in [2.75, 3.05) is 0 Å². The van der Waals surface area contributed by atoms with Crippen LogP contribution in [0.5, 0.6) is 0 Å². The van der Waals surface area contributed by atoms with Gasteiger partial charge in [-0.1, -0.05) is 26.0 Å². The number of nitro groups is 1. The smallest absolute Gasteiger partial charge is 0.329 e. The lowest BCUT2D eigenvalue weighted by molar-refractivity contribution is -0.384. The van der Waals surface area contributed by atoms with E-state index < -0.39 is 28.7 Å². The van der Waals surface area contributed by atoms with E-state index in [9.17, 15) is 24.1 Å². The molecule has 0 unspecified atom stereocenters. The van der Waals surface area contributed by atoms with Crippen molar-refractivity contribution in [2.24, 2.45) is 5.92 Å². The van der Waals surface area contributed by atoms with E-state index in [0.29, 0.717) is 5.56 Å². The van der Waals surface area contributed by atoms with E-state index >= 15 is 0 Å². The Hall–Kier alpha value is -3.29. The van der Waals surface area contributed by atoms with Gasteiger partial charge in [0.15, 0.2) is 0 Å². The molecule has 0 saturated carbocycles. The van der Waals surface area contributed by atoms with Crippen molar-refractivity contribution in [3.8, 4) is 0 Å². The molecule has 7 nitrogen and oxygen atoms in total. The van der Waals surface area contributed by atoms with Gasteiger partial charge in [-0.3, -0.25) is 14.9 Å². The highest BCUT2D eigenvalue weighted by atomic mass is 19.1. The van der Waals surface area contributed by atoms with Crippen molar-refractivity contribution in [1.29, 1.82) is 0 Å². The third-order valence-corrected chi connectivity index (χ3v) is 3.85. The quantitative estimate of drug-likeness (QED) is 0.456. The summed E-state index contributed by atoms with van der Waals surface area (Å²) in [7, 11) is 0. The average Bonchev–Trinajstić information content (AvgIpc) is 2.64. The second-order valence-corrected chi connectivity index (χ2v) is 6.21. The first-order valence-corrected chi connectivity index (χ1v) is 8.25. The van der Waals surface area contributed by atoms with Crippen LogP contribution in [0.2, 0.25) is 0 Å². The molecular weight excluding hydrogens is 355 g/mol. The number of ether oxygens (including phenoxy) is 1. The number of amides is 1. The number of benzene rings is 2. The molecule has 27 heavy (non-hydrogen) atoms. The van der Waals surface area contributed by atoms with Crippen molar-refractivity contribution in [3.63, 3.8) is 0 Å². The fourth-order valence-corrected chi connectivity index (χ4v) is 2.32. The molecule has 142 valence electrons. The summed E-state index contributed by atoms with van der Waals surface area (Å²) in [5.41, 5.74) is 0.338. The zero-order valence-electron chi connectivity index (χ0n) is 14.8. The van der Waals surface area contributed by atoms with Crippen LogP contribution in [0.15, 0.2) is 48.5 Å². The van der Waals surface area contributed by atoms with Crippen LogP contribution >= 0.6 is 0 Å². The summed E-state index contributed by atoms with van der Waals surface area (Å²) < 4.78 is 18.9. The minimum Gasteiger partial charge on any atom is -0.459 e. The Morgan fingerprint density at radius 1 is 1.15 bits per heavy atom. The minimum atomic E-state index is -0.963.